The molecule has 30 heavy (non-hydrogen) atoms. The predicted octanol–water partition coefficient (Wildman–Crippen LogP) is 4.79. The van der Waals surface area contributed by atoms with Gasteiger partial charge in [-0.2, -0.15) is 0 Å². The minimum atomic E-state index is -3.30. The van der Waals surface area contributed by atoms with E-state index in [0.29, 0.717) is 4.90 Å². The molecular weight excluding hydrogens is 414 g/mol. The molecule has 2 aromatic heterocycles. The first-order valence-corrected chi connectivity index (χ1v) is 12.6. The fraction of sp³-hybridized carbons (Fsp3) is 0.217. The number of sulfone groups is 1. The van der Waals surface area contributed by atoms with Crippen molar-refractivity contribution in [1.29, 1.82) is 0 Å². The zero-order chi connectivity index (χ0) is 20.7. The summed E-state index contributed by atoms with van der Waals surface area (Å²) in [6.45, 7) is 0. The average Bonchev–Trinajstić information content (AvgIpc) is 3.33. The molecule has 0 fully saturated rings. The Kier molecular flexibility index (Phi) is 4.79. The van der Waals surface area contributed by atoms with Crippen molar-refractivity contribution >= 4 is 37.2 Å². The first-order valence-electron chi connectivity index (χ1n) is 9.87. The fourth-order valence-corrected chi connectivity index (χ4v) is 6.01. The van der Waals surface area contributed by atoms with Crippen molar-refractivity contribution in [2.45, 2.75) is 30.2 Å². The van der Waals surface area contributed by atoms with Crippen molar-refractivity contribution in [3.8, 4) is 0 Å². The van der Waals surface area contributed by atoms with Crippen LogP contribution in [0.5, 0.6) is 0 Å². The van der Waals surface area contributed by atoms with Crippen molar-refractivity contribution in [3.05, 3.63) is 82.5 Å². The molecule has 7 heteroatoms. The van der Waals surface area contributed by atoms with Crippen molar-refractivity contribution in [1.82, 2.24) is 9.97 Å². The number of hydrogen-bond acceptors (Lipinski definition) is 6. The molecule has 1 atom stereocenters. The van der Waals surface area contributed by atoms with Gasteiger partial charge >= 0.3 is 0 Å². The topological polar surface area (TPSA) is 72.0 Å². The van der Waals surface area contributed by atoms with Gasteiger partial charge in [0.15, 0.2) is 9.84 Å². The molecule has 0 saturated heterocycles. The lowest BCUT2D eigenvalue weighted by Gasteiger charge is -2.21. The maximum absolute atomic E-state index is 12.1. The lowest BCUT2D eigenvalue weighted by Crippen LogP contribution is -2.14. The summed E-state index contributed by atoms with van der Waals surface area (Å²) in [5.74, 6) is 0.804. The van der Waals surface area contributed by atoms with Crippen LogP contribution in [-0.4, -0.2) is 24.6 Å². The van der Waals surface area contributed by atoms with Crippen molar-refractivity contribution < 1.29 is 8.42 Å². The van der Waals surface area contributed by atoms with Crippen molar-refractivity contribution in [2.75, 3.05) is 11.6 Å². The molecule has 5 rings (SSSR count). The molecule has 0 spiro atoms. The van der Waals surface area contributed by atoms with E-state index in [1.54, 1.807) is 35.9 Å². The zero-order valence-corrected chi connectivity index (χ0v) is 18.1. The van der Waals surface area contributed by atoms with E-state index in [1.807, 2.05) is 36.4 Å². The summed E-state index contributed by atoms with van der Waals surface area (Å²) in [7, 11) is -3.30. The Balaban J connectivity index is 1.64. The Hall–Kier alpha value is -2.77. The van der Waals surface area contributed by atoms with Crippen LogP contribution in [0, 0.1) is 0 Å². The molecule has 5 nitrogen and oxygen atoms in total. The third-order valence-corrected chi connectivity index (χ3v) is 7.84. The van der Waals surface area contributed by atoms with Crippen LogP contribution in [0.3, 0.4) is 0 Å². The van der Waals surface area contributed by atoms with Crippen molar-refractivity contribution in [3.63, 3.8) is 0 Å². The van der Waals surface area contributed by atoms with Crippen LogP contribution < -0.4 is 5.32 Å². The van der Waals surface area contributed by atoms with Gasteiger partial charge in [-0.3, -0.25) is 0 Å². The smallest absolute Gasteiger partial charge is 0.175 e. The maximum atomic E-state index is 12.1. The summed E-state index contributed by atoms with van der Waals surface area (Å²) < 4.78 is 24.3. The summed E-state index contributed by atoms with van der Waals surface area (Å²) in [6.07, 6.45) is 6.17. The van der Waals surface area contributed by atoms with Gasteiger partial charge in [0.1, 0.15) is 17.0 Å². The van der Waals surface area contributed by atoms with E-state index in [0.717, 1.165) is 40.0 Å². The van der Waals surface area contributed by atoms with E-state index in [9.17, 15) is 8.42 Å². The molecule has 4 aromatic rings. The van der Waals surface area contributed by atoms with E-state index in [1.165, 1.54) is 23.1 Å². The number of aryl methyl sites for hydroxylation is 2. The van der Waals surface area contributed by atoms with E-state index in [2.05, 4.69) is 15.3 Å². The number of nitrogens with zero attached hydrogens (tertiary/aromatic N) is 2. The number of thiophene rings is 1. The molecule has 0 amide bonds. The highest BCUT2D eigenvalue weighted by Gasteiger charge is 2.24. The Morgan fingerprint density at radius 2 is 1.80 bits per heavy atom. The number of rotatable bonds is 5. The molecule has 1 aliphatic carbocycles. The second kappa shape index (κ2) is 7.49. The fourth-order valence-electron chi connectivity index (χ4n) is 4.10. The second-order valence-electron chi connectivity index (χ2n) is 7.59. The van der Waals surface area contributed by atoms with Crippen LogP contribution >= 0.6 is 11.3 Å². The monoisotopic (exact) mass is 435 g/mol. The van der Waals surface area contributed by atoms with E-state index in [4.69, 9.17) is 0 Å². The number of aromatic nitrogens is 2. The molecule has 2 aromatic carbocycles. The Labute approximate surface area is 179 Å². The van der Waals surface area contributed by atoms with Gasteiger partial charge in [0.25, 0.3) is 0 Å². The first kappa shape index (κ1) is 19.2. The van der Waals surface area contributed by atoms with Gasteiger partial charge in [0.2, 0.25) is 0 Å². The summed E-state index contributed by atoms with van der Waals surface area (Å²) in [4.78, 5) is 11.8. The minimum Gasteiger partial charge on any atom is -0.358 e. The third-order valence-electron chi connectivity index (χ3n) is 5.53. The SMILES string of the molecule is CS(=O)(=O)c1cccc(C(Nc2ncnc3sc4c(c23)CCC4)c2ccccc2)c1. The average molecular weight is 436 g/mol. The van der Waals surface area contributed by atoms with E-state index >= 15 is 0 Å². The lowest BCUT2D eigenvalue weighted by molar-refractivity contribution is 0.601. The highest BCUT2D eigenvalue weighted by atomic mass is 32.2. The molecule has 0 saturated carbocycles. The minimum absolute atomic E-state index is 0.233. The molecule has 0 radical (unpaired) electrons. The highest BCUT2D eigenvalue weighted by Crippen LogP contribution is 2.40. The van der Waals surface area contributed by atoms with Gasteiger partial charge < -0.3 is 5.32 Å². The van der Waals surface area contributed by atoms with Crippen LogP contribution in [-0.2, 0) is 22.7 Å². The molecule has 0 bridgehead atoms. The molecule has 2 heterocycles. The van der Waals surface area contributed by atoms with Crippen LogP contribution in [0.2, 0.25) is 0 Å². The normalized spacial score (nSPS) is 14.6. The molecule has 1 unspecified atom stereocenters. The van der Waals surface area contributed by atoms with Crippen LogP contribution in [0.4, 0.5) is 5.82 Å². The molecule has 1 aliphatic rings. The summed E-state index contributed by atoms with van der Waals surface area (Å²) >= 11 is 1.75. The van der Waals surface area contributed by atoms with Crippen LogP contribution in [0.15, 0.2) is 65.8 Å². The quantitative estimate of drug-likeness (QED) is 0.488. The van der Waals surface area contributed by atoms with Gasteiger partial charge in [-0.1, -0.05) is 42.5 Å². The highest BCUT2D eigenvalue weighted by molar-refractivity contribution is 7.90. The van der Waals surface area contributed by atoms with Gasteiger partial charge in [0.05, 0.1) is 16.3 Å². The molecule has 1 N–H and O–H groups in total. The maximum Gasteiger partial charge on any atom is 0.175 e. The van der Waals surface area contributed by atoms with Gasteiger partial charge in [0, 0.05) is 11.1 Å². The predicted molar refractivity (Wildman–Crippen MR) is 121 cm³/mol. The summed E-state index contributed by atoms with van der Waals surface area (Å²) in [6, 6.07) is 16.9. The first-order chi connectivity index (χ1) is 14.5. The van der Waals surface area contributed by atoms with Crippen LogP contribution in [0.1, 0.15) is 34.0 Å². The molecular formula is C23H21N3O2S2. The Morgan fingerprint density at radius 1 is 1.00 bits per heavy atom. The number of fused-ring (bicyclic) bond motifs is 3. The Morgan fingerprint density at radius 3 is 2.60 bits per heavy atom. The number of nitrogens with one attached hydrogen (secondary N) is 1. The second-order valence-corrected chi connectivity index (χ2v) is 10.7. The third kappa shape index (κ3) is 3.48. The number of hydrogen-bond donors (Lipinski definition) is 1. The van der Waals surface area contributed by atoms with Crippen LogP contribution in [0.25, 0.3) is 10.2 Å². The summed E-state index contributed by atoms with van der Waals surface area (Å²) in [5.41, 5.74) is 3.28. The molecule has 152 valence electrons. The zero-order valence-electron chi connectivity index (χ0n) is 16.5. The molecule has 0 aliphatic heterocycles. The van der Waals surface area contributed by atoms with Gasteiger partial charge in [-0.25, -0.2) is 18.4 Å². The number of benzene rings is 2. The number of anilines is 1. The largest absolute Gasteiger partial charge is 0.358 e. The lowest BCUT2D eigenvalue weighted by atomic mass is 9.98. The van der Waals surface area contributed by atoms with Crippen molar-refractivity contribution in [2.24, 2.45) is 0 Å². The van der Waals surface area contributed by atoms with Gasteiger partial charge in [-0.05, 0) is 48.1 Å². The van der Waals surface area contributed by atoms with Gasteiger partial charge in [-0.15, -0.1) is 11.3 Å². The Bertz CT molecular complexity index is 1330. The van der Waals surface area contributed by atoms with E-state index in [-0.39, 0.29) is 6.04 Å². The standard InChI is InChI=1S/C23H21N3O2S2/c1-30(27,28)17-10-5-9-16(13-17)21(15-7-3-2-4-8-15)26-22-20-18-11-6-12-19(18)29-23(20)25-14-24-22/h2-5,7-10,13-14,21H,6,11-12H2,1H3,(H,24,25,26). The summed E-state index contributed by atoms with van der Waals surface area (Å²) in [5, 5.41) is 4.72. The van der Waals surface area contributed by atoms with E-state index < -0.39 is 9.84 Å².